The molecule has 0 aliphatic heterocycles. The van der Waals surface area contributed by atoms with Crippen LogP contribution in [0.1, 0.15) is 19.4 Å². The number of phenols is 1. The van der Waals surface area contributed by atoms with Gasteiger partial charge in [0.1, 0.15) is 12.4 Å². The van der Waals surface area contributed by atoms with Crippen LogP contribution >= 0.6 is 0 Å². The van der Waals surface area contributed by atoms with E-state index in [-0.39, 0.29) is 5.75 Å². The van der Waals surface area contributed by atoms with E-state index in [0.717, 1.165) is 11.3 Å². The van der Waals surface area contributed by atoms with Crippen molar-refractivity contribution >= 4 is 5.71 Å². The number of benzene rings is 1. The largest absolute Gasteiger partial charge is 0.508 e. The Morgan fingerprint density at radius 1 is 1.31 bits per heavy atom. The number of hydrogen-bond acceptors (Lipinski definition) is 3. The van der Waals surface area contributed by atoms with E-state index in [1.165, 1.54) is 0 Å². The van der Waals surface area contributed by atoms with E-state index < -0.39 is 0 Å². The van der Waals surface area contributed by atoms with Crippen molar-refractivity contribution in [3.05, 3.63) is 29.8 Å². The number of nitrogens with zero attached hydrogens (tertiary/aromatic N) is 1. The smallest absolute Gasteiger partial charge is 0.142 e. The maximum absolute atomic E-state index is 9.00. The average molecular weight is 179 g/mol. The zero-order valence-corrected chi connectivity index (χ0v) is 7.82. The summed E-state index contributed by atoms with van der Waals surface area (Å²) in [7, 11) is 0. The quantitative estimate of drug-likeness (QED) is 0.571. The maximum atomic E-state index is 9.00. The lowest BCUT2D eigenvalue weighted by atomic mass is 10.2. The fraction of sp³-hybridized carbons (Fsp3) is 0.300. The summed E-state index contributed by atoms with van der Waals surface area (Å²) in [5.41, 5.74) is 1.88. The van der Waals surface area contributed by atoms with Crippen molar-refractivity contribution in [1.82, 2.24) is 0 Å². The lowest BCUT2D eigenvalue weighted by Crippen LogP contribution is -1.89. The fourth-order valence-electron chi connectivity index (χ4n) is 0.828. The molecule has 0 amide bonds. The van der Waals surface area contributed by atoms with E-state index in [2.05, 4.69) is 5.16 Å². The minimum atomic E-state index is 0.263. The van der Waals surface area contributed by atoms with E-state index in [4.69, 9.17) is 9.94 Å². The number of phenolic OH excluding ortho intramolecular Hbond substituents is 1. The molecule has 0 heterocycles. The van der Waals surface area contributed by atoms with E-state index in [9.17, 15) is 0 Å². The first-order chi connectivity index (χ1) is 6.18. The zero-order valence-electron chi connectivity index (χ0n) is 7.82. The van der Waals surface area contributed by atoms with Gasteiger partial charge in [0.15, 0.2) is 0 Å². The van der Waals surface area contributed by atoms with Crippen molar-refractivity contribution in [2.45, 2.75) is 20.5 Å². The number of hydrogen-bond donors (Lipinski definition) is 1. The average Bonchev–Trinajstić information content (AvgIpc) is 2.08. The molecule has 0 aliphatic carbocycles. The van der Waals surface area contributed by atoms with Gasteiger partial charge in [0.05, 0.1) is 5.71 Å². The Balaban J connectivity index is 2.46. The molecule has 0 aromatic heterocycles. The minimum absolute atomic E-state index is 0.263. The van der Waals surface area contributed by atoms with Gasteiger partial charge < -0.3 is 9.94 Å². The summed E-state index contributed by atoms with van der Waals surface area (Å²) < 4.78 is 0. The molecule has 1 rings (SSSR count). The molecule has 0 fully saturated rings. The topological polar surface area (TPSA) is 41.8 Å². The standard InChI is InChI=1S/C10H13NO2/c1-8(2)11-13-7-9-3-5-10(12)6-4-9/h3-6,12H,7H2,1-2H3. The Kier molecular flexibility index (Phi) is 3.31. The molecule has 3 heteroatoms. The monoisotopic (exact) mass is 179 g/mol. The summed E-state index contributed by atoms with van der Waals surface area (Å²) in [5.74, 6) is 0.263. The molecule has 0 atom stereocenters. The summed E-state index contributed by atoms with van der Waals surface area (Å²) >= 11 is 0. The highest BCUT2D eigenvalue weighted by Gasteiger charge is 1.92. The van der Waals surface area contributed by atoms with Gasteiger partial charge in [0, 0.05) is 0 Å². The maximum Gasteiger partial charge on any atom is 0.142 e. The van der Waals surface area contributed by atoms with Crippen molar-refractivity contribution in [1.29, 1.82) is 0 Å². The van der Waals surface area contributed by atoms with Crippen LogP contribution in [0.15, 0.2) is 29.4 Å². The van der Waals surface area contributed by atoms with E-state index >= 15 is 0 Å². The van der Waals surface area contributed by atoms with Gasteiger partial charge in [0.2, 0.25) is 0 Å². The summed E-state index contributed by atoms with van der Waals surface area (Å²) in [5, 5.41) is 12.8. The lowest BCUT2D eigenvalue weighted by Gasteiger charge is -2.00. The van der Waals surface area contributed by atoms with Crippen molar-refractivity contribution in [2.75, 3.05) is 0 Å². The summed E-state index contributed by atoms with van der Waals surface area (Å²) in [6, 6.07) is 6.86. The molecule has 0 spiro atoms. The van der Waals surface area contributed by atoms with Crippen LogP contribution < -0.4 is 0 Å². The third-order valence-electron chi connectivity index (χ3n) is 1.41. The molecule has 0 radical (unpaired) electrons. The fourth-order valence-corrected chi connectivity index (χ4v) is 0.828. The normalized spacial score (nSPS) is 9.38. The van der Waals surface area contributed by atoms with Gasteiger partial charge in [-0.2, -0.15) is 0 Å². The van der Waals surface area contributed by atoms with Crippen molar-refractivity contribution < 1.29 is 9.94 Å². The first kappa shape index (κ1) is 9.58. The Bertz CT molecular complexity index is 286. The van der Waals surface area contributed by atoms with Crippen LogP contribution in [0.2, 0.25) is 0 Å². The third kappa shape index (κ3) is 3.60. The molecular weight excluding hydrogens is 166 g/mol. The Hall–Kier alpha value is -1.51. The lowest BCUT2D eigenvalue weighted by molar-refractivity contribution is 0.130. The SMILES string of the molecule is CC(C)=NOCc1ccc(O)cc1. The minimum Gasteiger partial charge on any atom is -0.508 e. The highest BCUT2D eigenvalue weighted by atomic mass is 16.6. The molecule has 70 valence electrons. The molecule has 0 aliphatic rings. The van der Waals surface area contributed by atoms with Gasteiger partial charge in [0.25, 0.3) is 0 Å². The first-order valence-electron chi connectivity index (χ1n) is 4.09. The van der Waals surface area contributed by atoms with Crippen molar-refractivity contribution in [3.63, 3.8) is 0 Å². The van der Waals surface area contributed by atoms with Crippen LogP contribution in [-0.4, -0.2) is 10.8 Å². The second kappa shape index (κ2) is 4.50. The molecule has 3 nitrogen and oxygen atoms in total. The van der Waals surface area contributed by atoms with Gasteiger partial charge in [-0.25, -0.2) is 0 Å². The third-order valence-corrected chi connectivity index (χ3v) is 1.41. The number of oxime groups is 1. The van der Waals surface area contributed by atoms with E-state index in [0.29, 0.717) is 6.61 Å². The Labute approximate surface area is 77.6 Å². The molecular formula is C10H13NO2. The van der Waals surface area contributed by atoms with Crippen molar-refractivity contribution in [3.8, 4) is 5.75 Å². The van der Waals surface area contributed by atoms with Crippen LogP contribution in [0.25, 0.3) is 0 Å². The van der Waals surface area contributed by atoms with Gasteiger partial charge in [-0.15, -0.1) is 0 Å². The van der Waals surface area contributed by atoms with Crippen LogP contribution in [0.3, 0.4) is 0 Å². The number of aromatic hydroxyl groups is 1. The predicted molar refractivity (Wildman–Crippen MR) is 51.7 cm³/mol. The highest BCUT2D eigenvalue weighted by Crippen LogP contribution is 2.10. The van der Waals surface area contributed by atoms with Crippen LogP contribution in [0.4, 0.5) is 0 Å². The molecule has 0 saturated heterocycles. The van der Waals surface area contributed by atoms with Crippen molar-refractivity contribution in [2.24, 2.45) is 5.16 Å². The Morgan fingerprint density at radius 3 is 2.46 bits per heavy atom. The second-order valence-electron chi connectivity index (χ2n) is 2.98. The van der Waals surface area contributed by atoms with E-state index in [1.54, 1.807) is 24.3 Å². The summed E-state index contributed by atoms with van der Waals surface area (Å²) in [6.45, 7) is 4.18. The second-order valence-corrected chi connectivity index (χ2v) is 2.98. The molecule has 0 bridgehead atoms. The molecule has 1 aromatic carbocycles. The zero-order chi connectivity index (χ0) is 9.68. The van der Waals surface area contributed by atoms with E-state index in [1.807, 2.05) is 13.8 Å². The van der Waals surface area contributed by atoms with Gasteiger partial charge in [-0.3, -0.25) is 0 Å². The van der Waals surface area contributed by atoms with Gasteiger partial charge in [-0.05, 0) is 31.5 Å². The van der Waals surface area contributed by atoms with Crippen LogP contribution in [0.5, 0.6) is 5.75 Å². The van der Waals surface area contributed by atoms with Crippen LogP contribution in [-0.2, 0) is 11.4 Å². The van der Waals surface area contributed by atoms with Crippen LogP contribution in [0, 0.1) is 0 Å². The molecule has 1 N–H and O–H groups in total. The molecule has 13 heavy (non-hydrogen) atoms. The first-order valence-corrected chi connectivity index (χ1v) is 4.09. The summed E-state index contributed by atoms with van der Waals surface area (Å²) in [6.07, 6.45) is 0. The van der Waals surface area contributed by atoms with Gasteiger partial charge >= 0.3 is 0 Å². The highest BCUT2D eigenvalue weighted by molar-refractivity contribution is 5.78. The molecule has 0 saturated carbocycles. The summed E-state index contributed by atoms with van der Waals surface area (Å²) in [4.78, 5) is 5.03. The molecule has 0 unspecified atom stereocenters. The predicted octanol–water partition coefficient (Wildman–Crippen LogP) is 2.30. The molecule has 1 aromatic rings. The number of rotatable bonds is 3. The Morgan fingerprint density at radius 2 is 1.92 bits per heavy atom. The van der Waals surface area contributed by atoms with Gasteiger partial charge in [-0.1, -0.05) is 17.3 Å².